The monoisotopic (exact) mass is 198 g/mol. The number of allylic oxidation sites excluding steroid dienone is 1. The maximum absolute atomic E-state index is 11.2. The molecule has 0 fully saturated rings. The lowest BCUT2D eigenvalue weighted by molar-refractivity contribution is -0.117. The maximum Gasteiger partial charge on any atom is 0.265 e. The van der Waals surface area contributed by atoms with Crippen molar-refractivity contribution in [3.63, 3.8) is 0 Å². The summed E-state index contributed by atoms with van der Waals surface area (Å²) in [6.07, 6.45) is 0.672. The number of nitrogens with one attached hydrogen (secondary N) is 1. The molecule has 0 aliphatic heterocycles. The summed E-state index contributed by atoms with van der Waals surface area (Å²) < 4.78 is 4.78. The molecule has 0 aromatic carbocycles. The number of aliphatic hydroxyl groups is 1. The van der Waals surface area contributed by atoms with Crippen molar-refractivity contribution in [3.8, 4) is 6.07 Å². The molecule has 0 aliphatic rings. The Morgan fingerprint density at radius 3 is 2.71 bits per heavy atom. The van der Waals surface area contributed by atoms with Gasteiger partial charge in [-0.2, -0.15) is 5.26 Å². The molecular weight excluding hydrogens is 184 g/mol. The molecule has 5 heteroatoms. The van der Waals surface area contributed by atoms with Crippen molar-refractivity contribution in [3.05, 3.63) is 11.3 Å². The Balaban J connectivity index is 3.98. The van der Waals surface area contributed by atoms with E-state index in [1.54, 1.807) is 13.2 Å². The number of amides is 1. The van der Waals surface area contributed by atoms with Gasteiger partial charge < -0.3 is 15.2 Å². The van der Waals surface area contributed by atoms with Gasteiger partial charge in [-0.1, -0.05) is 0 Å². The highest BCUT2D eigenvalue weighted by atomic mass is 16.5. The highest BCUT2D eigenvalue weighted by Gasteiger charge is 2.10. The summed E-state index contributed by atoms with van der Waals surface area (Å²) in [6, 6.07) is 1.63. The van der Waals surface area contributed by atoms with E-state index in [1.165, 1.54) is 6.92 Å². The minimum absolute atomic E-state index is 0.248. The molecule has 0 radical (unpaired) electrons. The average Bonchev–Trinajstić information content (AvgIpc) is 2.13. The van der Waals surface area contributed by atoms with E-state index in [0.717, 1.165) is 0 Å². The molecule has 0 bridgehead atoms. The molecule has 78 valence electrons. The highest BCUT2D eigenvalue weighted by molar-refractivity contribution is 5.97. The second kappa shape index (κ2) is 6.92. The summed E-state index contributed by atoms with van der Waals surface area (Å²) in [5.74, 6) is -0.819. The minimum atomic E-state index is -0.552. The topological polar surface area (TPSA) is 82.3 Å². The lowest BCUT2D eigenvalue weighted by Crippen LogP contribution is -2.26. The maximum atomic E-state index is 11.2. The zero-order valence-corrected chi connectivity index (χ0v) is 8.33. The summed E-state index contributed by atoms with van der Waals surface area (Å²) in [7, 11) is 1.57. The van der Waals surface area contributed by atoms with Gasteiger partial charge in [0.1, 0.15) is 11.8 Å². The number of methoxy groups -OCH3 is 1. The van der Waals surface area contributed by atoms with Gasteiger partial charge in [0, 0.05) is 20.3 Å². The van der Waals surface area contributed by atoms with Gasteiger partial charge in [0.15, 0.2) is 5.57 Å². The highest BCUT2D eigenvalue weighted by Crippen LogP contribution is 1.98. The van der Waals surface area contributed by atoms with Crippen molar-refractivity contribution in [2.24, 2.45) is 0 Å². The van der Waals surface area contributed by atoms with Crippen LogP contribution in [-0.2, 0) is 9.53 Å². The van der Waals surface area contributed by atoms with Crippen LogP contribution in [0, 0.1) is 11.3 Å². The van der Waals surface area contributed by atoms with Gasteiger partial charge in [0.05, 0.1) is 0 Å². The number of hydrogen-bond acceptors (Lipinski definition) is 4. The smallest absolute Gasteiger partial charge is 0.265 e. The van der Waals surface area contributed by atoms with E-state index in [0.29, 0.717) is 19.6 Å². The molecule has 2 N–H and O–H groups in total. The van der Waals surface area contributed by atoms with E-state index >= 15 is 0 Å². The number of carbonyl (C=O) groups excluding carboxylic acids is 1. The van der Waals surface area contributed by atoms with Crippen LogP contribution >= 0.6 is 0 Å². The average molecular weight is 198 g/mol. The third-order valence-corrected chi connectivity index (χ3v) is 1.51. The van der Waals surface area contributed by atoms with Crippen LogP contribution in [-0.4, -0.2) is 31.3 Å². The fourth-order valence-electron chi connectivity index (χ4n) is 0.803. The van der Waals surface area contributed by atoms with Gasteiger partial charge in [-0.25, -0.2) is 0 Å². The number of ether oxygens (including phenoxy) is 1. The van der Waals surface area contributed by atoms with Crippen molar-refractivity contribution in [2.45, 2.75) is 13.3 Å². The number of rotatable bonds is 5. The fraction of sp³-hybridized carbons (Fsp3) is 0.556. The van der Waals surface area contributed by atoms with Crippen LogP contribution in [0.15, 0.2) is 11.3 Å². The molecule has 0 saturated heterocycles. The predicted octanol–water partition coefficient (Wildman–Crippen LogP) is 0.495. The minimum Gasteiger partial charge on any atom is -0.511 e. The molecule has 0 heterocycles. The summed E-state index contributed by atoms with van der Waals surface area (Å²) >= 11 is 0. The Kier molecular flexibility index (Phi) is 6.16. The third kappa shape index (κ3) is 4.48. The summed E-state index contributed by atoms with van der Waals surface area (Å²) in [5, 5.41) is 20.0. The Hall–Kier alpha value is -1.54. The zero-order valence-electron chi connectivity index (χ0n) is 8.33. The zero-order chi connectivity index (χ0) is 11.0. The Labute approximate surface area is 83.0 Å². The molecule has 1 amide bonds. The van der Waals surface area contributed by atoms with Crippen molar-refractivity contribution < 1.29 is 14.6 Å². The van der Waals surface area contributed by atoms with Crippen molar-refractivity contribution in [2.75, 3.05) is 20.3 Å². The van der Waals surface area contributed by atoms with Crippen LogP contribution in [0.3, 0.4) is 0 Å². The number of aliphatic hydroxyl groups excluding tert-OH is 1. The van der Waals surface area contributed by atoms with Gasteiger partial charge in [-0.05, 0) is 13.3 Å². The van der Waals surface area contributed by atoms with Crippen LogP contribution in [0.4, 0.5) is 0 Å². The summed E-state index contributed by atoms with van der Waals surface area (Å²) in [6.45, 7) is 2.27. The molecule has 5 nitrogen and oxygen atoms in total. The lowest BCUT2D eigenvalue weighted by atomic mass is 10.2. The first-order valence-electron chi connectivity index (χ1n) is 4.20. The standard InChI is InChI=1S/C9H14N2O3/c1-7(12)8(6-10)9(13)11-4-3-5-14-2/h12H,3-5H2,1-2H3,(H,11,13)/b8-7-. The van der Waals surface area contributed by atoms with Crippen LogP contribution in [0.5, 0.6) is 0 Å². The number of nitriles is 1. The third-order valence-electron chi connectivity index (χ3n) is 1.51. The first kappa shape index (κ1) is 12.5. The van der Waals surface area contributed by atoms with E-state index in [2.05, 4.69) is 5.32 Å². The Morgan fingerprint density at radius 1 is 1.64 bits per heavy atom. The molecule has 0 aromatic heterocycles. The Morgan fingerprint density at radius 2 is 2.29 bits per heavy atom. The van der Waals surface area contributed by atoms with Gasteiger partial charge in [0.25, 0.3) is 5.91 Å². The number of nitrogens with zero attached hydrogens (tertiary/aromatic N) is 1. The van der Waals surface area contributed by atoms with Crippen LogP contribution in [0.2, 0.25) is 0 Å². The first-order valence-corrected chi connectivity index (χ1v) is 4.20. The molecule has 0 unspecified atom stereocenters. The van der Waals surface area contributed by atoms with Crippen LogP contribution < -0.4 is 5.32 Å². The fourth-order valence-corrected chi connectivity index (χ4v) is 0.803. The number of hydrogen-bond donors (Lipinski definition) is 2. The summed E-state index contributed by atoms with van der Waals surface area (Å²) in [5.41, 5.74) is -0.248. The van der Waals surface area contributed by atoms with Crippen molar-refractivity contribution >= 4 is 5.91 Å². The van der Waals surface area contributed by atoms with Gasteiger partial charge in [0.2, 0.25) is 0 Å². The second-order valence-electron chi connectivity index (χ2n) is 2.67. The molecule has 0 atom stereocenters. The summed E-state index contributed by atoms with van der Waals surface area (Å²) in [4.78, 5) is 11.2. The van der Waals surface area contributed by atoms with Crippen LogP contribution in [0.25, 0.3) is 0 Å². The normalized spacial score (nSPS) is 11.5. The van der Waals surface area contributed by atoms with Crippen molar-refractivity contribution in [1.82, 2.24) is 5.32 Å². The molecule has 14 heavy (non-hydrogen) atoms. The molecule has 0 spiro atoms. The molecule has 0 aliphatic carbocycles. The van der Waals surface area contributed by atoms with E-state index in [9.17, 15) is 4.79 Å². The van der Waals surface area contributed by atoms with Crippen molar-refractivity contribution in [1.29, 1.82) is 5.26 Å². The van der Waals surface area contributed by atoms with Crippen LogP contribution in [0.1, 0.15) is 13.3 Å². The van der Waals surface area contributed by atoms with E-state index in [1.807, 2.05) is 0 Å². The van der Waals surface area contributed by atoms with Gasteiger partial charge in [-0.3, -0.25) is 4.79 Å². The number of carbonyl (C=O) groups is 1. The first-order chi connectivity index (χ1) is 6.63. The van der Waals surface area contributed by atoms with Gasteiger partial charge in [-0.15, -0.1) is 0 Å². The van der Waals surface area contributed by atoms with E-state index in [4.69, 9.17) is 15.1 Å². The van der Waals surface area contributed by atoms with E-state index in [-0.39, 0.29) is 11.3 Å². The quantitative estimate of drug-likeness (QED) is 0.291. The molecule has 0 rings (SSSR count). The predicted molar refractivity (Wildman–Crippen MR) is 50.4 cm³/mol. The lowest BCUT2D eigenvalue weighted by Gasteiger charge is -2.03. The van der Waals surface area contributed by atoms with Gasteiger partial charge >= 0.3 is 0 Å². The second-order valence-corrected chi connectivity index (χ2v) is 2.67. The van der Waals surface area contributed by atoms with E-state index < -0.39 is 5.91 Å². The molecule has 0 saturated carbocycles. The largest absolute Gasteiger partial charge is 0.511 e. The SMILES string of the molecule is COCCCNC(=O)/C(C#N)=C(/C)O. The Bertz CT molecular complexity index is 262. The molecular formula is C9H14N2O3. The molecule has 0 aromatic rings.